The van der Waals surface area contributed by atoms with Gasteiger partial charge in [0, 0.05) is 0 Å². The van der Waals surface area contributed by atoms with Gasteiger partial charge in [0.25, 0.3) is 0 Å². The zero-order valence-corrected chi connectivity index (χ0v) is 26.2. The summed E-state index contributed by atoms with van der Waals surface area (Å²) in [6.45, 7) is 0. The van der Waals surface area contributed by atoms with Crippen molar-refractivity contribution in [3.8, 4) is 0 Å². The number of aromatic nitrogens is 4. The molecule has 0 saturated heterocycles. The summed E-state index contributed by atoms with van der Waals surface area (Å²) in [5, 5.41) is 5.92. The summed E-state index contributed by atoms with van der Waals surface area (Å²) in [5.74, 6) is -0.306. The maximum absolute atomic E-state index is 12.6. The van der Waals surface area contributed by atoms with Crippen LogP contribution in [0.1, 0.15) is 20.7 Å². The minimum atomic E-state index is -0.153. The van der Waals surface area contributed by atoms with E-state index in [1.807, 2.05) is 36.4 Å². The van der Waals surface area contributed by atoms with E-state index in [1.165, 1.54) is 8.92 Å². The quantitative estimate of drug-likeness (QED) is 0.239. The Morgan fingerprint density at radius 1 is 0.526 bits per heavy atom. The molecule has 2 heterocycles. The average molecular weight is 760 g/mol. The number of amides is 2. The Morgan fingerprint density at radius 2 is 0.921 bits per heavy atom. The molecule has 0 aliphatic heterocycles. The van der Waals surface area contributed by atoms with Crippen molar-refractivity contribution in [2.24, 2.45) is 0 Å². The second kappa shape index (κ2) is 11.5. The molecule has 0 fully saturated rings. The van der Waals surface area contributed by atoms with E-state index >= 15 is 0 Å². The third-order valence-electron chi connectivity index (χ3n) is 5.49. The first-order chi connectivity index (χ1) is 18.6. The Hall–Kier alpha value is -2.90. The molecular formula is C26H16N6O2Se4. The molecule has 0 unspecified atom stereocenters. The maximum atomic E-state index is 12.6. The van der Waals surface area contributed by atoms with Gasteiger partial charge in [-0.3, -0.25) is 0 Å². The first kappa shape index (κ1) is 25.4. The molecule has 6 aromatic rings. The van der Waals surface area contributed by atoms with E-state index in [2.05, 4.69) is 50.8 Å². The molecule has 2 aromatic heterocycles. The molecule has 0 aliphatic carbocycles. The van der Waals surface area contributed by atoms with Gasteiger partial charge < -0.3 is 0 Å². The Morgan fingerprint density at radius 3 is 1.34 bits per heavy atom. The molecule has 0 aliphatic rings. The van der Waals surface area contributed by atoms with Gasteiger partial charge in [-0.25, -0.2) is 0 Å². The molecule has 0 saturated carbocycles. The number of fused-ring (bicyclic) bond motifs is 2. The van der Waals surface area contributed by atoms with Gasteiger partial charge in [-0.1, -0.05) is 0 Å². The van der Waals surface area contributed by atoms with Gasteiger partial charge >= 0.3 is 243 Å². The van der Waals surface area contributed by atoms with Crippen LogP contribution in [0.5, 0.6) is 0 Å². The first-order valence-electron chi connectivity index (χ1n) is 11.2. The first-order valence-corrected chi connectivity index (χ1v) is 20.3. The predicted octanol–water partition coefficient (Wildman–Crippen LogP) is 1.47. The number of hydrogen-bond donors (Lipinski definition) is 2. The minimum absolute atomic E-state index is 0.105. The summed E-state index contributed by atoms with van der Waals surface area (Å²) in [6, 6.07) is 26.9. The second-order valence-corrected chi connectivity index (χ2v) is 16.6. The molecule has 0 radical (unpaired) electrons. The molecule has 2 amide bonds. The van der Waals surface area contributed by atoms with Crippen LogP contribution in [0.25, 0.3) is 22.1 Å². The number of anilines is 2. The van der Waals surface area contributed by atoms with Crippen molar-refractivity contribution in [1.29, 1.82) is 0 Å². The number of carbonyl (C=O) groups excluding carboxylic acids is 2. The Labute approximate surface area is 241 Å². The molecule has 38 heavy (non-hydrogen) atoms. The molecule has 8 nitrogen and oxygen atoms in total. The summed E-state index contributed by atoms with van der Waals surface area (Å²) in [7, 11) is 0. The van der Waals surface area contributed by atoms with Crippen molar-refractivity contribution < 1.29 is 9.59 Å². The molecule has 186 valence electrons. The third kappa shape index (κ3) is 5.89. The Kier molecular flexibility index (Phi) is 7.65. The van der Waals surface area contributed by atoms with Crippen molar-refractivity contribution in [2.45, 2.75) is 0 Å². The van der Waals surface area contributed by atoms with Crippen molar-refractivity contribution in [2.75, 3.05) is 10.6 Å². The van der Waals surface area contributed by atoms with Crippen LogP contribution in [0.2, 0.25) is 0 Å². The topological polar surface area (TPSA) is 110 Å². The van der Waals surface area contributed by atoms with E-state index in [1.54, 1.807) is 24.3 Å². The van der Waals surface area contributed by atoms with Crippen LogP contribution in [0.4, 0.5) is 11.4 Å². The van der Waals surface area contributed by atoms with Crippen molar-refractivity contribution in [3.63, 3.8) is 0 Å². The van der Waals surface area contributed by atoms with Crippen LogP contribution >= 0.6 is 0 Å². The molecular weight excluding hydrogens is 744 g/mol. The van der Waals surface area contributed by atoms with Crippen LogP contribution in [0.15, 0.2) is 84.9 Å². The zero-order valence-electron chi connectivity index (χ0n) is 19.3. The van der Waals surface area contributed by atoms with Crippen LogP contribution < -0.4 is 19.6 Å². The van der Waals surface area contributed by atoms with E-state index in [0.717, 1.165) is 33.4 Å². The van der Waals surface area contributed by atoms with Gasteiger partial charge in [0.1, 0.15) is 0 Å². The standard InChI is InChI=1S/C26H16N6O2Se4/c33-25(15-1-11-21-23(13-15)31-37-29-21)27-17-3-7-19(8-4-17)35-36-20-9-5-18(6-10-20)28-26(34)16-2-12-22-24(14-16)32-38-30-22/h1-14H,(H,27,33)(H,28,34). The molecule has 0 spiro atoms. The van der Waals surface area contributed by atoms with E-state index in [-0.39, 0.29) is 41.7 Å². The number of nitrogens with zero attached hydrogens (tertiary/aromatic N) is 4. The van der Waals surface area contributed by atoms with Gasteiger partial charge in [0.05, 0.1) is 0 Å². The van der Waals surface area contributed by atoms with E-state index in [9.17, 15) is 9.59 Å². The Balaban J connectivity index is 1.02. The third-order valence-corrected chi connectivity index (χ3v) is 15.1. The number of hydrogen-bond acceptors (Lipinski definition) is 6. The van der Waals surface area contributed by atoms with E-state index < -0.39 is 0 Å². The van der Waals surface area contributed by atoms with Gasteiger partial charge in [0.15, 0.2) is 0 Å². The fourth-order valence-electron chi connectivity index (χ4n) is 3.54. The number of benzene rings is 4. The monoisotopic (exact) mass is 764 g/mol. The van der Waals surface area contributed by atoms with Gasteiger partial charge in [-0.2, -0.15) is 0 Å². The summed E-state index contributed by atoms with van der Waals surface area (Å²) < 4.78 is 19.8. The van der Waals surface area contributed by atoms with Crippen LogP contribution in [0.3, 0.4) is 0 Å². The molecule has 6 rings (SSSR count). The molecule has 0 atom stereocenters. The van der Waals surface area contributed by atoms with Gasteiger partial charge in [-0.05, 0) is 0 Å². The SMILES string of the molecule is O=C(Nc1ccc([Se][Se]c2ccc(NC(=O)c3ccc4n[se]nc4c3)cc2)cc1)c1ccc2n[se]nc2c1. The second-order valence-electron chi connectivity index (χ2n) is 8.06. The molecule has 12 heteroatoms. The van der Waals surface area contributed by atoms with Crippen LogP contribution in [-0.4, -0.2) is 83.9 Å². The normalized spacial score (nSPS) is 11.1. The van der Waals surface area contributed by atoms with Crippen molar-refractivity contribution >= 4 is 110 Å². The van der Waals surface area contributed by atoms with Crippen LogP contribution in [-0.2, 0) is 0 Å². The fraction of sp³-hybridized carbons (Fsp3) is 0. The van der Waals surface area contributed by atoms with E-state index in [0.29, 0.717) is 37.4 Å². The summed E-state index contributed by atoms with van der Waals surface area (Å²) in [5.41, 5.74) is 5.99. The zero-order chi connectivity index (χ0) is 25.9. The van der Waals surface area contributed by atoms with Crippen molar-refractivity contribution in [3.05, 3.63) is 96.1 Å². The average Bonchev–Trinajstić information content (AvgIpc) is 3.62. The van der Waals surface area contributed by atoms with Crippen LogP contribution in [0, 0.1) is 0 Å². The summed E-state index contributed by atoms with van der Waals surface area (Å²) in [6.07, 6.45) is 0. The molecule has 0 bridgehead atoms. The van der Waals surface area contributed by atoms with E-state index in [4.69, 9.17) is 0 Å². The summed E-state index contributed by atoms with van der Waals surface area (Å²) in [4.78, 5) is 25.2. The number of rotatable bonds is 7. The Bertz CT molecular complexity index is 1640. The van der Waals surface area contributed by atoms with Crippen molar-refractivity contribution in [1.82, 2.24) is 15.9 Å². The fourth-order valence-corrected chi connectivity index (χ4v) is 11.7. The van der Waals surface area contributed by atoms with Gasteiger partial charge in [0.2, 0.25) is 0 Å². The number of nitrogens with one attached hydrogen (secondary N) is 2. The molecule has 4 aromatic carbocycles. The predicted molar refractivity (Wildman–Crippen MR) is 153 cm³/mol. The number of carbonyl (C=O) groups is 2. The molecule has 2 N–H and O–H groups in total. The van der Waals surface area contributed by atoms with Gasteiger partial charge in [-0.15, -0.1) is 0 Å². The summed E-state index contributed by atoms with van der Waals surface area (Å²) >= 11 is 0.387.